The minimum atomic E-state index is -4.41. The first-order valence-electron chi connectivity index (χ1n) is 21.9. The van der Waals surface area contributed by atoms with Gasteiger partial charge in [0.15, 0.2) is 5.66 Å². The van der Waals surface area contributed by atoms with Crippen LogP contribution in [-0.4, -0.2) is 36.8 Å². The number of rotatable bonds is 36. The number of aromatic amines is 1. The van der Waals surface area contributed by atoms with Crippen molar-refractivity contribution in [1.29, 1.82) is 0 Å². The summed E-state index contributed by atoms with van der Waals surface area (Å²) in [4.78, 5) is 29.0. The Morgan fingerprint density at radius 2 is 0.925 bits per heavy atom. The number of amides is 1. The Hall–Kier alpha value is -1.78. The van der Waals surface area contributed by atoms with E-state index in [-0.39, 0.29) is 11.7 Å². The molecule has 1 aromatic rings. The van der Waals surface area contributed by atoms with Gasteiger partial charge in [-0.25, -0.2) is 18.0 Å². The average molecular weight is 770 g/mol. The summed E-state index contributed by atoms with van der Waals surface area (Å²) in [6, 6.07) is 0. The molecule has 0 spiro atoms. The van der Waals surface area contributed by atoms with E-state index in [4.69, 9.17) is 0 Å². The van der Waals surface area contributed by atoms with Crippen LogP contribution in [-0.2, 0) is 25.0 Å². The van der Waals surface area contributed by atoms with Crippen molar-refractivity contribution in [3.63, 3.8) is 0 Å². The quantitative estimate of drug-likeness (QED) is 0.0229. The second-order valence-electron chi connectivity index (χ2n) is 15.7. The number of carbonyl (C=O) groups is 2. The number of carbonyl (C=O) groups excluding carboxylic acids is 2. The van der Waals surface area contributed by atoms with Crippen molar-refractivity contribution in [3.05, 3.63) is 18.2 Å². The van der Waals surface area contributed by atoms with Gasteiger partial charge in [-0.05, 0) is 26.7 Å². The van der Waals surface area contributed by atoms with Gasteiger partial charge in [-0.2, -0.15) is 0 Å². The summed E-state index contributed by atoms with van der Waals surface area (Å²) in [7, 11) is -3.60. The lowest BCUT2D eigenvalue weighted by molar-refractivity contribution is -0.762. The summed E-state index contributed by atoms with van der Waals surface area (Å²) >= 11 is 0. The van der Waals surface area contributed by atoms with E-state index in [1.807, 2.05) is 30.8 Å². The molecule has 53 heavy (non-hydrogen) atoms. The maximum absolute atomic E-state index is 13.1. The Morgan fingerprint density at radius 3 is 1.25 bits per heavy atom. The number of H-pyrrole nitrogens is 1. The molecule has 0 aliphatic heterocycles. The molecule has 0 aromatic carbocycles. The summed E-state index contributed by atoms with van der Waals surface area (Å²) in [6.07, 6.45) is 44.5. The number of hydrogen-bond acceptors (Lipinski definition) is 6. The Kier molecular flexibility index (Phi) is 33.5. The van der Waals surface area contributed by atoms with Crippen LogP contribution in [0.15, 0.2) is 12.4 Å². The number of ketones is 1. The van der Waals surface area contributed by atoms with Crippen molar-refractivity contribution < 1.29 is 31.3 Å². The number of Topliss-reactive ketones (excluding diaryl/α,β-unsaturated/α-hetero) is 1. The van der Waals surface area contributed by atoms with E-state index in [9.17, 15) is 22.6 Å². The SMILES string of the molecule is CCCCCCCCCCCCCCCCCC(=O)NC(C)(C)[n+]1cc[nH]c1C(=O)CCCCCCCCCCCCCCCCC.COS(=O)(=O)[O-]. The first kappa shape index (κ1) is 51.2. The monoisotopic (exact) mass is 770 g/mol. The summed E-state index contributed by atoms with van der Waals surface area (Å²) in [5.74, 6) is 0.793. The number of nitrogens with zero attached hydrogens (tertiary/aromatic N) is 1. The molecule has 1 aromatic heterocycles. The second-order valence-corrected chi connectivity index (χ2v) is 16.8. The molecule has 0 bridgehead atoms. The van der Waals surface area contributed by atoms with Gasteiger partial charge in [0.2, 0.25) is 22.1 Å². The lowest BCUT2D eigenvalue weighted by Crippen LogP contribution is -2.64. The van der Waals surface area contributed by atoms with E-state index >= 15 is 0 Å². The molecule has 312 valence electrons. The van der Waals surface area contributed by atoms with Crippen LogP contribution in [0, 0.1) is 0 Å². The fourth-order valence-corrected chi connectivity index (χ4v) is 6.91. The van der Waals surface area contributed by atoms with Gasteiger partial charge in [-0.1, -0.05) is 194 Å². The summed E-state index contributed by atoms with van der Waals surface area (Å²) in [5, 5.41) is 3.18. The first-order chi connectivity index (χ1) is 25.5. The topological polar surface area (TPSA) is 132 Å². The predicted octanol–water partition coefficient (Wildman–Crippen LogP) is 11.9. The number of hydrogen-bond donors (Lipinski definition) is 2. The average Bonchev–Trinajstić information content (AvgIpc) is 3.63. The fourth-order valence-electron chi connectivity index (χ4n) is 6.91. The largest absolute Gasteiger partial charge is 0.726 e. The van der Waals surface area contributed by atoms with Crippen LogP contribution in [0.5, 0.6) is 0 Å². The third-order valence-corrected chi connectivity index (χ3v) is 10.6. The molecular formula is C43H83N3O6S. The van der Waals surface area contributed by atoms with Crippen LogP contribution in [0.1, 0.15) is 244 Å². The zero-order valence-electron chi connectivity index (χ0n) is 35.1. The Morgan fingerprint density at radius 1 is 0.623 bits per heavy atom. The Labute approximate surface area is 326 Å². The lowest BCUT2D eigenvalue weighted by atomic mass is 10.0. The normalized spacial score (nSPS) is 11.7. The van der Waals surface area contributed by atoms with Crippen molar-refractivity contribution in [2.45, 2.75) is 239 Å². The van der Waals surface area contributed by atoms with E-state index in [0.717, 1.165) is 32.8 Å². The summed E-state index contributed by atoms with van der Waals surface area (Å²) < 4.78 is 32.9. The molecule has 0 saturated heterocycles. The molecule has 0 radical (unpaired) electrons. The van der Waals surface area contributed by atoms with Crippen LogP contribution in [0.3, 0.4) is 0 Å². The highest BCUT2D eigenvalue weighted by molar-refractivity contribution is 7.80. The second kappa shape index (κ2) is 34.7. The van der Waals surface area contributed by atoms with Crippen molar-refractivity contribution in [1.82, 2.24) is 10.3 Å². The zero-order valence-corrected chi connectivity index (χ0v) is 35.9. The van der Waals surface area contributed by atoms with Crippen molar-refractivity contribution >= 4 is 22.1 Å². The molecule has 10 heteroatoms. The first-order valence-corrected chi connectivity index (χ1v) is 23.3. The highest BCUT2D eigenvalue weighted by Gasteiger charge is 2.33. The lowest BCUT2D eigenvalue weighted by Gasteiger charge is -2.24. The molecule has 0 fully saturated rings. The van der Waals surface area contributed by atoms with Crippen LogP contribution in [0.2, 0.25) is 0 Å². The molecule has 0 aliphatic rings. The van der Waals surface area contributed by atoms with Gasteiger partial charge in [-0.15, -0.1) is 0 Å². The number of aromatic nitrogens is 2. The van der Waals surface area contributed by atoms with Crippen LogP contribution < -0.4 is 9.88 Å². The van der Waals surface area contributed by atoms with Crippen molar-refractivity contribution in [3.8, 4) is 0 Å². The smallest absolute Gasteiger partial charge is 0.325 e. The fraction of sp³-hybridized carbons (Fsp3) is 0.884. The van der Waals surface area contributed by atoms with Gasteiger partial charge in [0, 0.05) is 12.8 Å². The van der Waals surface area contributed by atoms with E-state index in [2.05, 4.69) is 28.3 Å². The number of imidazole rings is 1. The van der Waals surface area contributed by atoms with Crippen LogP contribution in [0.4, 0.5) is 0 Å². The van der Waals surface area contributed by atoms with E-state index in [0.29, 0.717) is 18.7 Å². The molecule has 9 nitrogen and oxygen atoms in total. The highest BCUT2D eigenvalue weighted by Crippen LogP contribution is 2.16. The zero-order chi connectivity index (χ0) is 39.5. The molecule has 1 heterocycles. The number of nitrogens with one attached hydrogen (secondary N) is 2. The molecule has 0 atom stereocenters. The Bertz CT molecular complexity index is 1110. The molecular weight excluding hydrogens is 687 g/mol. The standard InChI is InChI=1S/C42H79N3O2.CH4O4S/c1-5-7-9-11-13-15-17-19-21-23-25-27-29-31-33-35-39(46)41-43-37-38-45(41)42(3,4)44-40(47)36-34-32-30-28-26-24-22-20-18-16-14-12-10-8-6-2;1-5-6(2,3)4/h37-38H,5-36H2,1-4H3,(H,44,47);1H3,(H,2,3,4). The van der Waals surface area contributed by atoms with Gasteiger partial charge in [-0.3, -0.25) is 13.8 Å². The minimum absolute atomic E-state index is 0.0687. The molecule has 1 amide bonds. The molecule has 1 rings (SSSR count). The van der Waals surface area contributed by atoms with Gasteiger partial charge < -0.3 is 9.87 Å². The van der Waals surface area contributed by atoms with Gasteiger partial charge in [0.1, 0.15) is 12.4 Å². The maximum atomic E-state index is 13.1. The van der Waals surface area contributed by atoms with Gasteiger partial charge in [0.25, 0.3) is 0 Å². The third-order valence-electron chi connectivity index (χ3n) is 10.2. The predicted molar refractivity (Wildman–Crippen MR) is 219 cm³/mol. The van der Waals surface area contributed by atoms with Gasteiger partial charge >= 0.3 is 5.82 Å². The van der Waals surface area contributed by atoms with Crippen LogP contribution >= 0.6 is 0 Å². The number of unbranched alkanes of at least 4 members (excludes halogenated alkanes) is 28. The highest BCUT2D eigenvalue weighted by atomic mass is 32.3. The summed E-state index contributed by atoms with van der Waals surface area (Å²) in [5.41, 5.74) is -0.646. The molecule has 0 unspecified atom stereocenters. The molecule has 0 saturated carbocycles. The maximum Gasteiger partial charge on any atom is 0.325 e. The summed E-state index contributed by atoms with van der Waals surface area (Å²) in [6.45, 7) is 8.53. The van der Waals surface area contributed by atoms with Crippen LogP contribution in [0.25, 0.3) is 0 Å². The Balaban J connectivity index is 0.00000413. The molecule has 0 aliphatic carbocycles. The van der Waals surface area contributed by atoms with Crippen molar-refractivity contribution in [2.75, 3.05) is 7.11 Å². The van der Waals surface area contributed by atoms with Gasteiger partial charge in [0.05, 0.1) is 7.11 Å². The van der Waals surface area contributed by atoms with E-state index in [1.165, 1.54) is 167 Å². The van der Waals surface area contributed by atoms with Crippen molar-refractivity contribution in [2.24, 2.45) is 0 Å². The minimum Gasteiger partial charge on any atom is -0.726 e. The molecule has 2 N–H and O–H groups in total. The third kappa shape index (κ3) is 32.2. The van der Waals surface area contributed by atoms with E-state index in [1.54, 1.807) is 0 Å². The van der Waals surface area contributed by atoms with E-state index < -0.39 is 16.1 Å².